The number of anilines is 1. The van der Waals surface area contributed by atoms with Crippen molar-refractivity contribution >= 4 is 22.4 Å². The minimum absolute atomic E-state index is 0.0617. The zero-order chi connectivity index (χ0) is 18.1. The summed E-state index contributed by atoms with van der Waals surface area (Å²) in [6.07, 6.45) is 6.32. The lowest BCUT2D eigenvalue weighted by Crippen LogP contribution is -2.64. The SMILES string of the molecule is CC[C@]12C[C@H]3C[C@@](O)(C1)C[C@@](C(=O)NC(C)(C)c1nnc(N)s1)(C3)C2. The van der Waals surface area contributed by atoms with Gasteiger partial charge in [-0.05, 0) is 63.7 Å². The first kappa shape index (κ1) is 17.2. The summed E-state index contributed by atoms with van der Waals surface area (Å²) in [5.74, 6) is 0.527. The van der Waals surface area contributed by atoms with E-state index >= 15 is 0 Å². The molecule has 0 aliphatic heterocycles. The average Bonchev–Trinajstić information content (AvgIpc) is 2.92. The summed E-state index contributed by atoms with van der Waals surface area (Å²) in [5.41, 5.74) is 4.11. The van der Waals surface area contributed by atoms with Gasteiger partial charge in [-0.15, -0.1) is 10.2 Å². The second kappa shape index (κ2) is 5.16. The lowest BCUT2D eigenvalue weighted by molar-refractivity contribution is -0.205. The van der Waals surface area contributed by atoms with E-state index in [1.807, 2.05) is 13.8 Å². The van der Waals surface area contributed by atoms with E-state index in [-0.39, 0.29) is 11.3 Å². The van der Waals surface area contributed by atoms with Crippen LogP contribution in [0.15, 0.2) is 0 Å². The van der Waals surface area contributed by atoms with Crippen LogP contribution in [-0.4, -0.2) is 26.8 Å². The highest BCUT2D eigenvalue weighted by molar-refractivity contribution is 7.15. The van der Waals surface area contributed by atoms with E-state index in [1.54, 1.807) is 0 Å². The Morgan fingerprint density at radius 3 is 2.68 bits per heavy atom. The van der Waals surface area contributed by atoms with Gasteiger partial charge in [-0.1, -0.05) is 24.7 Å². The van der Waals surface area contributed by atoms with Gasteiger partial charge in [0.15, 0.2) is 0 Å². The first-order valence-electron chi connectivity index (χ1n) is 9.24. The molecule has 1 aromatic heterocycles. The molecule has 0 aromatic carbocycles. The van der Waals surface area contributed by atoms with Crippen LogP contribution in [-0.2, 0) is 10.3 Å². The van der Waals surface area contributed by atoms with Gasteiger partial charge in [0.1, 0.15) is 5.01 Å². The number of amides is 1. The number of hydrogen-bond donors (Lipinski definition) is 3. The van der Waals surface area contributed by atoms with E-state index in [1.165, 1.54) is 11.3 Å². The molecule has 1 amide bonds. The number of nitrogens with one attached hydrogen (secondary N) is 1. The molecule has 0 unspecified atom stereocenters. The van der Waals surface area contributed by atoms with Gasteiger partial charge >= 0.3 is 0 Å². The number of aliphatic hydroxyl groups is 1. The van der Waals surface area contributed by atoms with E-state index in [0.717, 1.165) is 38.5 Å². The third-order valence-corrected chi connectivity index (χ3v) is 7.86. The maximum atomic E-state index is 13.4. The first-order valence-corrected chi connectivity index (χ1v) is 10.1. The Balaban J connectivity index is 1.61. The maximum absolute atomic E-state index is 13.4. The van der Waals surface area contributed by atoms with E-state index < -0.39 is 16.6 Å². The highest BCUT2D eigenvalue weighted by Gasteiger charge is 2.65. The molecule has 138 valence electrons. The van der Waals surface area contributed by atoms with Crippen LogP contribution in [0.3, 0.4) is 0 Å². The van der Waals surface area contributed by atoms with Crippen LogP contribution >= 0.6 is 11.3 Å². The Kier molecular flexibility index (Phi) is 3.55. The summed E-state index contributed by atoms with van der Waals surface area (Å²) in [4.78, 5) is 13.4. The van der Waals surface area contributed by atoms with Crippen molar-refractivity contribution in [3.8, 4) is 0 Å². The largest absolute Gasteiger partial charge is 0.390 e. The molecule has 0 saturated heterocycles. The fourth-order valence-electron chi connectivity index (χ4n) is 6.19. The van der Waals surface area contributed by atoms with Gasteiger partial charge in [0.05, 0.1) is 16.6 Å². The minimum Gasteiger partial charge on any atom is -0.390 e. The summed E-state index contributed by atoms with van der Waals surface area (Å²) in [6, 6.07) is 0. The van der Waals surface area contributed by atoms with Crippen molar-refractivity contribution in [3.63, 3.8) is 0 Å². The highest BCUT2D eigenvalue weighted by atomic mass is 32.1. The van der Waals surface area contributed by atoms with Crippen molar-refractivity contribution in [1.82, 2.24) is 15.5 Å². The molecule has 0 spiro atoms. The van der Waals surface area contributed by atoms with E-state index in [2.05, 4.69) is 22.4 Å². The molecule has 4 aliphatic rings. The Labute approximate surface area is 152 Å². The quantitative estimate of drug-likeness (QED) is 0.762. The van der Waals surface area contributed by atoms with Crippen LogP contribution in [0.25, 0.3) is 0 Å². The standard InChI is InChI=1S/C18H28N4O2S/c1-4-16-5-11-6-17(8-16,10-18(24,7-11)9-16)12(23)20-15(2,3)13-21-22-14(19)25-13/h11,24H,4-10H2,1-3H3,(H2,19,22)(H,20,23)/t11-,16-,17-,18-/m1/s1. The topological polar surface area (TPSA) is 101 Å². The normalized spacial score (nSPS) is 39.6. The van der Waals surface area contributed by atoms with E-state index in [0.29, 0.717) is 22.5 Å². The fourth-order valence-corrected chi connectivity index (χ4v) is 6.86. The van der Waals surface area contributed by atoms with Crippen LogP contribution < -0.4 is 11.1 Å². The van der Waals surface area contributed by atoms with Gasteiger partial charge in [-0.3, -0.25) is 4.79 Å². The van der Waals surface area contributed by atoms with Crippen molar-refractivity contribution in [2.75, 3.05) is 5.73 Å². The summed E-state index contributed by atoms with van der Waals surface area (Å²) in [7, 11) is 0. The maximum Gasteiger partial charge on any atom is 0.227 e. The molecule has 4 atom stereocenters. The lowest BCUT2D eigenvalue weighted by Gasteiger charge is -2.64. The van der Waals surface area contributed by atoms with Crippen LogP contribution in [0.2, 0.25) is 0 Å². The Morgan fingerprint density at radius 2 is 2.08 bits per heavy atom. The number of aromatic nitrogens is 2. The Hall–Kier alpha value is -1.21. The number of hydrogen-bond acceptors (Lipinski definition) is 6. The van der Waals surface area contributed by atoms with E-state index in [4.69, 9.17) is 5.73 Å². The smallest absolute Gasteiger partial charge is 0.227 e. The van der Waals surface area contributed by atoms with Gasteiger partial charge in [-0.2, -0.15) is 0 Å². The van der Waals surface area contributed by atoms with Gasteiger partial charge in [-0.25, -0.2) is 0 Å². The summed E-state index contributed by atoms with van der Waals surface area (Å²) in [6.45, 7) is 6.08. The van der Waals surface area contributed by atoms with Crippen LogP contribution in [0.1, 0.15) is 70.7 Å². The molecule has 4 saturated carbocycles. The molecule has 1 aromatic rings. The number of nitrogens with two attached hydrogens (primary N) is 1. The molecular weight excluding hydrogens is 336 g/mol. The molecule has 4 fully saturated rings. The molecule has 5 rings (SSSR count). The average molecular weight is 365 g/mol. The molecule has 7 heteroatoms. The Morgan fingerprint density at radius 1 is 1.32 bits per heavy atom. The molecule has 4 N–H and O–H groups in total. The first-order chi connectivity index (χ1) is 11.6. The van der Waals surface area contributed by atoms with Gasteiger partial charge in [0, 0.05) is 0 Å². The van der Waals surface area contributed by atoms with Crippen molar-refractivity contribution < 1.29 is 9.90 Å². The lowest BCUT2D eigenvalue weighted by atomic mass is 9.42. The van der Waals surface area contributed by atoms with Crippen molar-refractivity contribution in [1.29, 1.82) is 0 Å². The zero-order valence-electron chi connectivity index (χ0n) is 15.3. The monoisotopic (exact) mass is 364 g/mol. The highest BCUT2D eigenvalue weighted by Crippen LogP contribution is 2.67. The third kappa shape index (κ3) is 2.67. The van der Waals surface area contributed by atoms with Crippen LogP contribution in [0.4, 0.5) is 5.13 Å². The predicted octanol–water partition coefficient (Wildman–Crippen LogP) is 2.58. The number of nitrogen functional groups attached to an aromatic ring is 1. The molecular formula is C18H28N4O2S. The number of nitrogens with zero attached hydrogens (tertiary/aromatic N) is 2. The van der Waals surface area contributed by atoms with Gasteiger partial charge in [0.25, 0.3) is 0 Å². The molecule has 6 nitrogen and oxygen atoms in total. The van der Waals surface area contributed by atoms with Crippen molar-refractivity contribution in [2.24, 2.45) is 16.7 Å². The predicted molar refractivity (Wildman–Crippen MR) is 96.8 cm³/mol. The second-order valence-corrected chi connectivity index (χ2v) is 10.4. The number of carbonyl (C=O) groups is 1. The summed E-state index contributed by atoms with van der Waals surface area (Å²) in [5, 5.41) is 23.4. The van der Waals surface area contributed by atoms with Crippen LogP contribution in [0, 0.1) is 16.7 Å². The Bertz CT molecular complexity index is 720. The van der Waals surface area contributed by atoms with E-state index in [9.17, 15) is 9.90 Å². The third-order valence-electron chi connectivity index (χ3n) is 6.79. The summed E-state index contributed by atoms with van der Waals surface area (Å²) < 4.78 is 0. The van der Waals surface area contributed by atoms with Crippen molar-refractivity contribution in [2.45, 2.75) is 76.9 Å². The van der Waals surface area contributed by atoms with Gasteiger partial charge in [0.2, 0.25) is 11.0 Å². The molecule has 4 aliphatic carbocycles. The molecule has 1 heterocycles. The molecule has 4 bridgehead atoms. The van der Waals surface area contributed by atoms with Crippen molar-refractivity contribution in [3.05, 3.63) is 5.01 Å². The van der Waals surface area contributed by atoms with Crippen LogP contribution in [0.5, 0.6) is 0 Å². The molecule has 25 heavy (non-hydrogen) atoms. The minimum atomic E-state index is -0.663. The zero-order valence-corrected chi connectivity index (χ0v) is 16.1. The number of carbonyl (C=O) groups excluding carboxylic acids is 1. The van der Waals surface area contributed by atoms with Gasteiger partial charge < -0.3 is 16.2 Å². The summed E-state index contributed by atoms with van der Waals surface area (Å²) >= 11 is 1.31. The fraction of sp³-hybridized carbons (Fsp3) is 0.833. The number of rotatable bonds is 4. The second-order valence-electron chi connectivity index (χ2n) is 9.39. The molecule has 0 radical (unpaired) electrons.